The first kappa shape index (κ1) is 23.4. The fourth-order valence-corrected chi connectivity index (χ4v) is 5.11. The minimum atomic E-state index is -0.979. The van der Waals surface area contributed by atoms with Gasteiger partial charge in [0.05, 0.1) is 26.9 Å². The third kappa shape index (κ3) is 3.74. The average molecular weight is 503 g/mol. The molecule has 0 radical (unpaired) electrons. The van der Waals surface area contributed by atoms with E-state index in [-0.39, 0.29) is 11.3 Å². The van der Waals surface area contributed by atoms with E-state index < -0.39 is 17.7 Å². The lowest BCUT2D eigenvalue weighted by molar-refractivity contribution is -0.132. The number of amides is 1. The number of benzene rings is 3. The Morgan fingerprint density at radius 3 is 2.44 bits per heavy atom. The van der Waals surface area contributed by atoms with Crippen LogP contribution in [-0.4, -0.2) is 43.1 Å². The lowest BCUT2D eigenvalue weighted by atomic mass is 9.93. The number of para-hydroxylation sites is 1. The van der Waals surface area contributed by atoms with Gasteiger partial charge < -0.3 is 19.3 Å². The highest BCUT2D eigenvalue weighted by molar-refractivity contribution is 7.14. The van der Waals surface area contributed by atoms with Crippen molar-refractivity contribution >= 4 is 44.7 Å². The van der Waals surface area contributed by atoms with Gasteiger partial charge in [-0.05, 0) is 35.0 Å². The number of fused-ring (bicyclic) bond motifs is 1. The second-order valence-electron chi connectivity index (χ2n) is 7.99. The normalized spacial score (nSPS) is 17.0. The Balaban J connectivity index is 1.74. The Kier molecular flexibility index (Phi) is 6.07. The number of anilines is 1. The van der Waals surface area contributed by atoms with E-state index >= 15 is 0 Å². The molecular weight excluding hydrogens is 480 g/mol. The molecular formula is C27H22N2O6S. The van der Waals surface area contributed by atoms with Gasteiger partial charge in [0.1, 0.15) is 17.6 Å². The molecule has 3 aromatic carbocycles. The van der Waals surface area contributed by atoms with E-state index in [1.165, 1.54) is 30.5 Å². The van der Waals surface area contributed by atoms with Crippen LogP contribution < -0.4 is 19.1 Å². The van der Waals surface area contributed by atoms with E-state index in [0.717, 1.165) is 10.8 Å². The van der Waals surface area contributed by atoms with Gasteiger partial charge in [-0.1, -0.05) is 30.3 Å². The number of aliphatic hydroxyl groups is 1. The molecule has 1 saturated heterocycles. The summed E-state index contributed by atoms with van der Waals surface area (Å²) in [5.41, 5.74) is 0.824. The van der Waals surface area contributed by atoms with E-state index in [0.29, 0.717) is 33.5 Å². The number of methoxy groups -OCH3 is 3. The topological polar surface area (TPSA) is 98.2 Å². The Hall–Kier alpha value is -4.37. The molecule has 4 aromatic rings. The molecule has 1 aliphatic heterocycles. The van der Waals surface area contributed by atoms with Crippen molar-refractivity contribution in [2.45, 2.75) is 6.04 Å². The molecule has 1 unspecified atom stereocenters. The van der Waals surface area contributed by atoms with Crippen molar-refractivity contribution in [1.82, 2.24) is 4.98 Å². The molecule has 1 amide bonds. The molecule has 0 bridgehead atoms. The predicted molar refractivity (Wildman–Crippen MR) is 137 cm³/mol. The SMILES string of the molecule is COc1ccc2cc(/C(O)=C3\C(=O)C(=O)N(c4nccs4)C3c3cccc(OC)c3OC)ccc2c1. The molecule has 36 heavy (non-hydrogen) atoms. The monoisotopic (exact) mass is 502 g/mol. The Morgan fingerprint density at radius 1 is 0.972 bits per heavy atom. The average Bonchev–Trinajstić information content (AvgIpc) is 3.53. The van der Waals surface area contributed by atoms with Crippen LogP contribution in [0.2, 0.25) is 0 Å². The smallest absolute Gasteiger partial charge is 0.301 e. The number of carbonyl (C=O) groups is 2. The molecule has 2 heterocycles. The number of aliphatic hydroxyl groups excluding tert-OH is 1. The minimum absolute atomic E-state index is 0.0605. The third-order valence-electron chi connectivity index (χ3n) is 6.12. The molecule has 1 fully saturated rings. The Bertz CT molecular complexity index is 1510. The Morgan fingerprint density at radius 2 is 1.75 bits per heavy atom. The van der Waals surface area contributed by atoms with Gasteiger partial charge in [0.25, 0.3) is 5.78 Å². The molecule has 1 atom stereocenters. The van der Waals surface area contributed by atoms with Crippen LogP contribution in [0.5, 0.6) is 17.2 Å². The second-order valence-corrected chi connectivity index (χ2v) is 8.87. The summed E-state index contributed by atoms with van der Waals surface area (Å²) >= 11 is 1.22. The first-order valence-electron chi connectivity index (χ1n) is 11.0. The van der Waals surface area contributed by atoms with Crippen molar-refractivity contribution in [3.05, 3.63) is 82.9 Å². The molecule has 9 heteroatoms. The van der Waals surface area contributed by atoms with E-state index in [9.17, 15) is 14.7 Å². The third-order valence-corrected chi connectivity index (χ3v) is 6.89. The maximum Gasteiger partial charge on any atom is 0.301 e. The van der Waals surface area contributed by atoms with Crippen LogP contribution in [0.15, 0.2) is 71.7 Å². The molecule has 182 valence electrons. The van der Waals surface area contributed by atoms with Crippen molar-refractivity contribution in [1.29, 1.82) is 0 Å². The van der Waals surface area contributed by atoms with Crippen molar-refractivity contribution in [3.8, 4) is 17.2 Å². The van der Waals surface area contributed by atoms with Gasteiger partial charge >= 0.3 is 5.91 Å². The summed E-state index contributed by atoms with van der Waals surface area (Å²) in [6, 6.07) is 15.1. The van der Waals surface area contributed by atoms with Crippen LogP contribution >= 0.6 is 11.3 Å². The second kappa shape index (κ2) is 9.35. The van der Waals surface area contributed by atoms with E-state index in [2.05, 4.69) is 4.98 Å². The summed E-state index contributed by atoms with van der Waals surface area (Å²) in [5.74, 6) is -0.401. The number of thiazole rings is 1. The van der Waals surface area contributed by atoms with Crippen LogP contribution in [0.1, 0.15) is 17.2 Å². The highest BCUT2D eigenvalue weighted by Gasteiger charge is 2.49. The summed E-state index contributed by atoms with van der Waals surface area (Å²) in [5, 5.41) is 15.3. The molecule has 1 aliphatic rings. The lowest BCUT2D eigenvalue weighted by Gasteiger charge is -2.25. The van der Waals surface area contributed by atoms with Gasteiger partial charge in [-0.3, -0.25) is 14.5 Å². The largest absolute Gasteiger partial charge is 0.507 e. The van der Waals surface area contributed by atoms with E-state index in [1.807, 2.05) is 24.3 Å². The van der Waals surface area contributed by atoms with Crippen molar-refractivity contribution in [2.75, 3.05) is 26.2 Å². The molecule has 0 aliphatic carbocycles. The van der Waals surface area contributed by atoms with Crippen LogP contribution in [-0.2, 0) is 9.59 Å². The maximum absolute atomic E-state index is 13.4. The number of nitrogens with zero attached hydrogens (tertiary/aromatic N) is 2. The first-order chi connectivity index (χ1) is 17.5. The number of rotatable bonds is 6. The van der Waals surface area contributed by atoms with Crippen LogP contribution in [0.25, 0.3) is 16.5 Å². The fourth-order valence-electron chi connectivity index (χ4n) is 4.44. The van der Waals surface area contributed by atoms with Gasteiger partial charge in [0.15, 0.2) is 16.6 Å². The number of carbonyl (C=O) groups excluding carboxylic acids is 2. The van der Waals surface area contributed by atoms with Gasteiger partial charge in [-0.25, -0.2) is 4.98 Å². The highest BCUT2D eigenvalue weighted by atomic mass is 32.1. The predicted octanol–water partition coefficient (Wildman–Crippen LogP) is 4.95. The Labute approximate surface area is 211 Å². The molecule has 1 aromatic heterocycles. The van der Waals surface area contributed by atoms with E-state index in [1.54, 1.807) is 49.0 Å². The zero-order chi connectivity index (χ0) is 25.4. The zero-order valence-electron chi connectivity index (χ0n) is 19.7. The van der Waals surface area contributed by atoms with E-state index in [4.69, 9.17) is 14.2 Å². The minimum Gasteiger partial charge on any atom is -0.507 e. The van der Waals surface area contributed by atoms with Crippen molar-refractivity contribution in [3.63, 3.8) is 0 Å². The lowest BCUT2D eigenvalue weighted by Crippen LogP contribution is -2.29. The van der Waals surface area contributed by atoms with Gasteiger partial charge in [-0.15, -0.1) is 11.3 Å². The van der Waals surface area contributed by atoms with Crippen LogP contribution in [0.3, 0.4) is 0 Å². The standard InChI is InChI=1S/C27H22N2O6S/c1-33-18-10-9-15-13-17(8-7-16(15)14-18)23(30)21-22(19-5-4-6-20(34-2)25(19)35-3)29(26(32)24(21)31)27-28-11-12-36-27/h4-14,22,30H,1-3H3/b23-21+. The summed E-state index contributed by atoms with van der Waals surface area (Å²) in [7, 11) is 4.58. The number of hydrogen-bond donors (Lipinski definition) is 1. The maximum atomic E-state index is 13.4. The molecule has 8 nitrogen and oxygen atoms in total. The molecule has 1 N–H and O–H groups in total. The number of Topliss-reactive ketones (excluding diaryl/α,β-unsaturated/α-hetero) is 1. The zero-order valence-corrected chi connectivity index (χ0v) is 20.5. The van der Waals surface area contributed by atoms with Gasteiger partial charge in [-0.2, -0.15) is 0 Å². The fraction of sp³-hybridized carbons (Fsp3) is 0.148. The highest BCUT2D eigenvalue weighted by Crippen LogP contribution is 2.47. The van der Waals surface area contributed by atoms with Crippen LogP contribution in [0.4, 0.5) is 5.13 Å². The number of ether oxygens (including phenoxy) is 3. The van der Waals surface area contributed by atoms with Crippen molar-refractivity contribution in [2.24, 2.45) is 0 Å². The number of aromatic nitrogens is 1. The molecule has 0 spiro atoms. The summed E-state index contributed by atoms with van der Waals surface area (Å²) in [6.07, 6.45) is 1.55. The molecule has 5 rings (SSSR count). The molecule has 0 saturated carbocycles. The van der Waals surface area contributed by atoms with Crippen molar-refractivity contribution < 1.29 is 28.9 Å². The van der Waals surface area contributed by atoms with Crippen LogP contribution in [0, 0.1) is 0 Å². The summed E-state index contributed by atoms with van der Waals surface area (Å²) in [4.78, 5) is 32.2. The quantitative estimate of drug-likeness (QED) is 0.226. The number of hydrogen-bond acceptors (Lipinski definition) is 8. The van der Waals surface area contributed by atoms with Gasteiger partial charge in [0.2, 0.25) is 0 Å². The summed E-state index contributed by atoms with van der Waals surface area (Å²) in [6.45, 7) is 0. The first-order valence-corrected chi connectivity index (χ1v) is 11.9. The van der Waals surface area contributed by atoms with Gasteiger partial charge in [0, 0.05) is 22.7 Å². The summed E-state index contributed by atoms with van der Waals surface area (Å²) < 4.78 is 16.4. The number of ketones is 1.